The van der Waals surface area contributed by atoms with Crippen molar-refractivity contribution in [1.29, 1.82) is 0 Å². The van der Waals surface area contributed by atoms with Crippen LogP contribution in [0.2, 0.25) is 5.02 Å². The molecule has 0 aromatic heterocycles. The zero-order valence-electron chi connectivity index (χ0n) is 10.7. The summed E-state index contributed by atoms with van der Waals surface area (Å²) in [5, 5.41) is 14.3. The van der Waals surface area contributed by atoms with Crippen molar-refractivity contribution in [2.45, 2.75) is 25.7 Å². The van der Waals surface area contributed by atoms with Crippen molar-refractivity contribution in [3.8, 4) is 0 Å². The lowest BCUT2D eigenvalue weighted by Gasteiger charge is -2.35. The van der Waals surface area contributed by atoms with Crippen LogP contribution in [-0.2, 0) is 9.47 Å². The highest BCUT2D eigenvalue weighted by Gasteiger charge is 2.29. The lowest BCUT2D eigenvalue weighted by molar-refractivity contribution is -0.384. The van der Waals surface area contributed by atoms with Crippen LogP contribution in [0.15, 0.2) is 18.2 Å². The molecule has 1 aromatic carbocycles. The quantitative estimate of drug-likeness (QED) is 0.683. The van der Waals surface area contributed by atoms with Crippen LogP contribution < -0.4 is 5.32 Å². The van der Waals surface area contributed by atoms with E-state index in [0.717, 1.165) is 0 Å². The maximum Gasteiger partial charge on any atom is 0.293 e. The molecule has 6 nitrogen and oxygen atoms in total. The van der Waals surface area contributed by atoms with Gasteiger partial charge < -0.3 is 14.8 Å². The van der Waals surface area contributed by atoms with Crippen LogP contribution >= 0.6 is 11.6 Å². The molecule has 0 bridgehead atoms. The lowest BCUT2D eigenvalue weighted by Crippen LogP contribution is -2.45. The van der Waals surface area contributed by atoms with Crippen LogP contribution in [0.1, 0.15) is 13.8 Å². The summed E-state index contributed by atoms with van der Waals surface area (Å²) in [6, 6.07) is 4.37. The molecule has 0 spiro atoms. The molecule has 0 radical (unpaired) electrons. The van der Waals surface area contributed by atoms with E-state index in [-0.39, 0.29) is 11.7 Å². The zero-order chi connectivity index (χ0) is 14.0. The molecule has 0 atom stereocenters. The molecule has 2 rings (SSSR count). The number of halogens is 1. The predicted molar refractivity (Wildman–Crippen MR) is 71.5 cm³/mol. The van der Waals surface area contributed by atoms with E-state index in [0.29, 0.717) is 23.9 Å². The van der Waals surface area contributed by atoms with Crippen molar-refractivity contribution in [2.24, 2.45) is 0 Å². The molecule has 0 amide bonds. The molecule has 0 aliphatic carbocycles. The maximum atomic E-state index is 11.0. The first-order valence-electron chi connectivity index (χ1n) is 5.86. The number of ether oxygens (including phenoxy) is 2. The summed E-state index contributed by atoms with van der Waals surface area (Å²) in [7, 11) is 0. The summed E-state index contributed by atoms with van der Waals surface area (Å²) in [5.74, 6) is -0.607. The highest BCUT2D eigenvalue weighted by atomic mass is 35.5. The highest BCUT2D eigenvalue weighted by Crippen LogP contribution is 2.29. The molecular formula is C12H15ClN2O4. The summed E-state index contributed by atoms with van der Waals surface area (Å²) in [6.45, 7) is 4.50. The minimum Gasteiger partial charge on any atom is -0.372 e. The molecule has 19 heavy (non-hydrogen) atoms. The molecule has 1 heterocycles. The zero-order valence-corrected chi connectivity index (χ0v) is 11.4. The molecule has 1 saturated heterocycles. The van der Waals surface area contributed by atoms with Gasteiger partial charge in [0.1, 0.15) is 5.69 Å². The first kappa shape index (κ1) is 14.0. The van der Waals surface area contributed by atoms with E-state index in [1.807, 2.05) is 13.8 Å². The molecule has 1 aliphatic rings. The third-order valence-electron chi connectivity index (χ3n) is 2.78. The van der Waals surface area contributed by atoms with Gasteiger partial charge in [0.25, 0.3) is 5.69 Å². The average molecular weight is 287 g/mol. The van der Waals surface area contributed by atoms with Crippen LogP contribution in [0.4, 0.5) is 11.4 Å². The summed E-state index contributed by atoms with van der Waals surface area (Å²) in [4.78, 5) is 10.5. The van der Waals surface area contributed by atoms with Crippen molar-refractivity contribution in [3.63, 3.8) is 0 Å². The standard InChI is InChI=1S/C12H15ClN2O4/c1-12(2)18-6-9(7-19-12)14-10-4-3-8(13)5-11(10)15(16)17/h3-5,9,14H,6-7H2,1-2H3. The van der Waals surface area contributed by atoms with E-state index in [1.165, 1.54) is 6.07 Å². The number of anilines is 1. The van der Waals surface area contributed by atoms with Gasteiger partial charge in [-0.15, -0.1) is 0 Å². The first-order chi connectivity index (χ1) is 8.87. The van der Waals surface area contributed by atoms with Gasteiger partial charge in [0, 0.05) is 11.1 Å². The number of nitro groups is 1. The Morgan fingerprint density at radius 1 is 1.42 bits per heavy atom. The van der Waals surface area contributed by atoms with Crippen molar-refractivity contribution >= 4 is 23.0 Å². The van der Waals surface area contributed by atoms with E-state index in [9.17, 15) is 10.1 Å². The molecule has 1 aliphatic heterocycles. The Labute approximate surface area is 115 Å². The molecule has 7 heteroatoms. The molecular weight excluding hydrogens is 272 g/mol. The highest BCUT2D eigenvalue weighted by molar-refractivity contribution is 6.30. The SMILES string of the molecule is CC1(C)OCC(Nc2ccc(Cl)cc2[N+](=O)[O-])CO1. The second kappa shape index (κ2) is 5.32. The van der Waals surface area contributed by atoms with Crippen molar-refractivity contribution < 1.29 is 14.4 Å². The van der Waals surface area contributed by atoms with Crippen molar-refractivity contribution in [1.82, 2.24) is 0 Å². The molecule has 104 valence electrons. The van der Waals surface area contributed by atoms with Gasteiger partial charge in [0.15, 0.2) is 5.79 Å². The lowest BCUT2D eigenvalue weighted by atomic mass is 10.2. The Hall–Kier alpha value is -1.37. The fraction of sp³-hybridized carbons (Fsp3) is 0.500. The summed E-state index contributed by atoms with van der Waals surface area (Å²) < 4.78 is 11.0. The van der Waals surface area contributed by atoms with Gasteiger partial charge in [-0.05, 0) is 26.0 Å². The molecule has 1 fully saturated rings. The van der Waals surface area contributed by atoms with E-state index >= 15 is 0 Å². The van der Waals surface area contributed by atoms with Gasteiger partial charge in [-0.3, -0.25) is 10.1 Å². The minimum atomic E-state index is -0.607. The van der Waals surface area contributed by atoms with Gasteiger partial charge >= 0.3 is 0 Å². The number of nitrogens with zero attached hydrogens (tertiary/aromatic N) is 1. The van der Waals surface area contributed by atoms with E-state index in [2.05, 4.69) is 5.32 Å². The van der Waals surface area contributed by atoms with Crippen LogP contribution in [0.5, 0.6) is 0 Å². The largest absolute Gasteiger partial charge is 0.372 e. The molecule has 0 unspecified atom stereocenters. The summed E-state index contributed by atoms with van der Waals surface area (Å²) in [6.07, 6.45) is 0. The second-order valence-electron chi connectivity index (χ2n) is 4.78. The van der Waals surface area contributed by atoms with Crippen molar-refractivity contribution in [2.75, 3.05) is 18.5 Å². The normalized spacial score (nSPS) is 19.1. The first-order valence-corrected chi connectivity index (χ1v) is 6.23. The summed E-state index contributed by atoms with van der Waals surface area (Å²) >= 11 is 5.76. The smallest absolute Gasteiger partial charge is 0.293 e. The van der Waals surface area contributed by atoms with Crippen LogP contribution in [0.3, 0.4) is 0 Å². The fourth-order valence-corrected chi connectivity index (χ4v) is 1.94. The van der Waals surface area contributed by atoms with E-state index in [4.69, 9.17) is 21.1 Å². The van der Waals surface area contributed by atoms with Gasteiger partial charge in [0.2, 0.25) is 0 Å². The number of nitro benzene ring substituents is 1. The van der Waals surface area contributed by atoms with Gasteiger partial charge in [-0.25, -0.2) is 0 Å². The van der Waals surface area contributed by atoms with Gasteiger partial charge in [-0.1, -0.05) is 11.6 Å². The van der Waals surface area contributed by atoms with Crippen LogP contribution in [-0.4, -0.2) is 30.0 Å². The second-order valence-corrected chi connectivity index (χ2v) is 5.22. The number of nitrogens with one attached hydrogen (secondary N) is 1. The number of hydrogen-bond acceptors (Lipinski definition) is 5. The van der Waals surface area contributed by atoms with E-state index in [1.54, 1.807) is 12.1 Å². The van der Waals surface area contributed by atoms with E-state index < -0.39 is 10.7 Å². The average Bonchev–Trinajstić information content (AvgIpc) is 2.33. The monoisotopic (exact) mass is 286 g/mol. The topological polar surface area (TPSA) is 73.6 Å². The van der Waals surface area contributed by atoms with Crippen molar-refractivity contribution in [3.05, 3.63) is 33.3 Å². The van der Waals surface area contributed by atoms with Crippen LogP contribution in [0, 0.1) is 10.1 Å². The third kappa shape index (κ3) is 3.56. The Morgan fingerprint density at radius 2 is 2.05 bits per heavy atom. The van der Waals surface area contributed by atoms with Gasteiger partial charge in [-0.2, -0.15) is 0 Å². The number of hydrogen-bond donors (Lipinski definition) is 1. The Balaban J connectivity index is 2.10. The number of rotatable bonds is 3. The maximum absolute atomic E-state index is 11.0. The fourth-order valence-electron chi connectivity index (χ4n) is 1.77. The Morgan fingerprint density at radius 3 is 2.63 bits per heavy atom. The summed E-state index contributed by atoms with van der Waals surface area (Å²) in [5.41, 5.74) is 0.351. The Bertz CT molecular complexity index is 483. The number of benzene rings is 1. The van der Waals surface area contributed by atoms with Gasteiger partial charge in [0.05, 0.1) is 24.2 Å². The molecule has 0 saturated carbocycles. The molecule has 1 N–H and O–H groups in total. The third-order valence-corrected chi connectivity index (χ3v) is 3.02. The predicted octanol–water partition coefficient (Wildman–Crippen LogP) is 2.81. The molecule has 1 aromatic rings. The van der Waals surface area contributed by atoms with Crippen LogP contribution in [0.25, 0.3) is 0 Å². The minimum absolute atomic E-state index is 0.0580. The Kier molecular flexibility index (Phi) is 3.93.